The molecule has 0 aromatic carbocycles. The Hall–Kier alpha value is -3.43. The summed E-state index contributed by atoms with van der Waals surface area (Å²) < 4.78 is 63.6. The number of carbonyl (C=O) groups excluding carboxylic acids is 5. The second kappa shape index (κ2) is 22.4. The third kappa shape index (κ3) is 11.5. The predicted molar refractivity (Wildman–Crippen MR) is 252 cm³/mol. The molecule has 1 aliphatic carbocycles. The van der Waals surface area contributed by atoms with E-state index in [0.717, 1.165) is 56.1 Å². The van der Waals surface area contributed by atoms with Crippen molar-refractivity contribution in [2.45, 2.75) is 232 Å². The number of aliphatic hydroxyl groups excluding tert-OH is 2. The molecule has 8 saturated heterocycles. The molecule has 0 radical (unpaired) electrons. The molecule has 10 aliphatic rings. The molecule has 9 heterocycles. The summed E-state index contributed by atoms with van der Waals surface area (Å²) >= 11 is 0. The van der Waals surface area contributed by atoms with E-state index in [1.165, 1.54) is 17.1 Å². The zero-order valence-corrected chi connectivity index (χ0v) is 41.7. The van der Waals surface area contributed by atoms with Gasteiger partial charge in [0, 0.05) is 76.7 Å². The molecule has 17 atom stereocenters. The van der Waals surface area contributed by atoms with Gasteiger partial charge in [0.05, 0.1) is 73.1 Å². The summed E-state index contributed by atoms with van der Waals surface area (Å²) in [4.78, 5) is 65.0. The van der Waals surface area contributed by atoms with Crippen LogP contribution in [0.1, 0.15) is 135 Å². The Labute approximate surface area is 421 Å². The van der Waals surface area contributed by atoms with Gasteiger partial charge in [-0.15, -0.1) is 0 Å². The summed E-state index contributed by atoms with van der Waals surface area (Å²) in [5, 5.41) is 23.0. The number of amides is 2. The van der Waals surface area contributed by atoms with Crippen molar-refractivity contribution in [3.63, 3.8) is 0 Å². The lowest BCUT2D eigenvalue weighted by atomic mass is 9.82. The zero-order valence-electron chi connectivity index (χ0n) is 41.7. The highest BCUT2D eigenvalue weighted by Gasteiger charge is 2.60. The third-order valence-electron chi connectivity index (χ3n) is 17.6. The summed E-state index contributed by atoms with van der Waals surface area (Å²) in [6.45, 7) is 8.60. The van der Waals surface area contributed by atoms with Crippen LogP contribution in [-0.2, 0) is 71.3 Å². The number of ketones is 1. The van der Waals surface area contributed by atoms with Crippen LogP contribution in [0.3, 0.4) is 0 Å². The van der Waals surface area contributed by atoms with Crippen molar-refractivity contribution < 1.29 is 81.6 Å². The molecule has 9 fully saturated rings. The standard InChI is InChI=1S/C54H75NO17/c1-29-4-10-35-11-13-39-30(2)22-37(67-39)18-20-54-21-19-41(71-54)50-48(61)52(72-54)51-40(70-50)14-12-36(68-51)23-34(57)24-38-43(26-42(29)66-35)69-44(49(38)63-3)25-33(56)9-17-47(60)64-28-65-53(62)32-7-5-31(6-8-32)27-55-45(58)15-16-46(55)59/h15-16,31-33,35-44,48-52,56,61H,1-2,4-14,17-28H2,3H3/t31?,32?,33-,35-,36-,37+,38+,39+,40+,41+,42-,43+,44-,48-,49-,50+,51+,52-,54+/m1/s1. The van der Waals surface area contributed by atoms with Gasteiger partial charge in [0.2, 0.25) is 6.79 Å². The number of aliphatic hydroxyl groups is 2. The predicted octanol–water partition coefficient (Wildman–Crippen LogP) is 4.77. The van der Waals surface area contributed by atoms with E-state index in [-0.39, 0.29) is 104 Å². The van der Waals surface area contributed by atoms with E-state index in [2.05, 4.69) is 13.2 Å². The van der Waals surface area contributed by atoms with Crippen LogP contribution in [0.25, 0.3) is 0 Å². The monoisotopic (exact) mass is 1010 g/mol. The van der Waals surface area contributed by atoms with Gasteiger partial charge in [-0.3, -0.25) is 28.9 Å². The molecule has 2 amide bonds. The number of hydrogen-bond acceptors (Lipinski definition) is 17. The number of fused-ring (bicyclic) bond motifs is 9. The number of methoxy groups -OCH3 is 1. The minimum Gasteiger partial charge on any atom is -0.428 e. The molecular weight excluding hydrogens is 935 g/mol. The van der Waals surface area contributed by atoms with Crippen molar-refractivity contribution in [1.82, 2.24) is 4.90 Å². The fourth-order valence-corrected chi connectivity index (χ4v) is 13.6. The van der Waals surface area contributed by atoms with E-state index < -0.39 is 79.5 Å². The molecule has 2 N–H and O–H groups in total. The smallest absolute Gasteiger partial charge is 0.311 e. The third-order valence-corrected chi connectivity index (χ3v) is 17.6. The number of nitrogens with zero attached hydrogens (tertiary/aromatic N) is 1. The van der Waals surface area contributed by atoms with Gasteiger partial charge in [0.15, 0.2) is 5.79 Å². The Morgan fingerprint density at radius 1 is 0.750 bits per heavy atom. The van der Waals surface area contributed by atoms with E-state index in [0.29, 0.717) is 64.3 Å². The van der Waals surface area contributed by atoms with Gasteiger partial charge in [0.25, 0.3) is 11.8 Å². The van der Waals surface area contributed by atoms with Crippen LogP contribution in [0.4, 0.5) is 0 Å². The molecule has 0 unspecified atom stereocenters. The molecule has 1 saturated carbocycles. The van der Waals surface area contributed by atoms with Crippen molar-refractivity contribution >= 4 is 29.5 Å². The van der Waals surface area contributed by atoms with E-state index in [1.807, 2.05) is 0 Å². The summed E-state index contributed by atoms with van der Waals surface area (Å²) in [5.74, 6) is -3.30. The first-order valence-corrected chi connectivity index (χ1v) is 27.0. The van der Waals surface area contributed by atoms with Gasteiger partial charge in [-0.1, -0.05) is 13.2 Å². The number of ether oxygens (including phenoxy) is 10. The van der Waals surface area contributed by atoms with Crippen LogP contribution >= 0.6 is 0 Å². The number of imide groups is 1. The minimum atomic E-state index is -0.981. The van der Waals surface area contributed by atoms with Crippen LogP contribution in [-0.4, -0.2) is 162 Å². The van der Waals surface area contributed by atoms with Gasteiger partial charge < -0.3 is 57.6 Å². The second-order valence-electron chi connectivity index (χ2n) is 22.4. The van der Waals surface area contributed by atoms with E-state index in [9.17, 15) is 34.2 Å². The van der Waals surface area contributed by atoms with E-state index in [4.69, 9.17) is 47.4 Å². The quantitative estimate of drug-likeness (QED) is 0.123. The summed E-state index contributed by atoms with van der Waals surface area (Å²) in [6, 6.07) is 0. The summed E-state index contributed by atoms with van der Waals surface area (Å²) in [7, 11) is 1.58. The van der Waals surface area contributed by atoms with Crippen LogP contribution in [0.2, 0.25) is 0 Å². The maximum absolute atomic E-state index is 14.3. The number of Topliss-reactive ketones (excluding diaryl/α,β-unsaturated/α-hetero) is 1. The van der Waals surface area contributed by atoms with Crippen molar-refractivity contribution in [1.29, 1.82) is 0 Å². The maximum Gasteiger partial charge on any atom is 0.311 e. The molecule has 9 aliphatic heterocycles. The maximum atomic E-state index is 14.3. The lowest BCUT2D eigenvalue weighted by Crippen LogP contribution is -2.63. The molecule has 0 aromatic heterocycles. The average Bonchev–Trinajstić information content (AvgIpc) is 4.11. The fraction of sp³-hybridized carbons (Fsp3) is 0.796. The normalized spacial score (nSPS) is 42.7. The summed E-state index contributed by atoms with van der Waals surface area (Å²) in [5.41, 5.74) is 2.04. The molecule has 1 spiro atoms. The van der Waals surface area contributed by atoms with Gasteiger partial charge >= 0.3 is 11.9 Å². The molecular formula is C54H75NO17. The van der Waals surface area contributed by atoms with E-state index >= 15 is 0 Å². The molecule has 398 valence electrons. The van der Waals surface area contributed by atoms with Gasteiger partial charge in [-0.05, 0) is 107 Å². The number of carbonyl (C=O) groups is 5. The largest absolute Gasteiger partial charge is 0.428 e. The number of hydrogen-bond donors (Lipinski definition) is 2. The Bertz CT molecular complexity index is 2050. The topological polar surface area (TPSA) is 221 Å². The zero-order chi connectivity index (χ0) is 50.3. The Kier molecular flexibility index (Phi) is 16.2. The summed E-state index contributed by atoms with van der Waals surface area (Å²) in [6.07, 6.45) is 6.80. The highest BCUT2D eigenvalue weighted by atomic mass is 16.7. The molecule has 10 bridgehead atoms. The lowest BCUT2D eigenvalue weighted by molar-refractivity contribution is -0.299. The first-order chi connectivity index (χ1) is 34.7. The van der Waals surface area contributed by atoms with Gasteiger partial charge in [-0.25, -0.2) is 0 Å². The van der Waals surface area contributed by atoms with Gasteiger partial charge in [-0.2, -0.15) is 0 Å². The van der Waals surface area contributed by atoms with Crippen LogP contribution in [0.15, 0.2) is 36.5 Å². The van der Waals surface area contributed by atoms with Crippen LogP contribution in [0, 0.1) is 17.8 Å². The molecule has 10 rings (SSSR count). The van der Waals surface area contributed by atoms with Crippen molar-refractivity contribution in [2.75, 3.05) is 20.4 Å². The fourth-order valence-electron chi connectivity index (χ4n) is 13.6. The SMILES string of the molecule is C=C1C[C@@H]2CC[C@]34CC[C@H](O3)[C@@H]3O[C@H]5CC[C@H](CC(=O)C[C@@H]6[C@@H](OC)[C@@H](C[C@H](O)CCC(=O)OCOC(=O)C7CCC(CN8C(=O)C=CC8=O)CC7)O[C@H]6C[C@H]6O[C@H](CCC6=C)CC[C@@H]1O2)O[C@@H]5[C@H](O4)[C@@H]3O. The number of esters is 2. The highest BCUT2D eigenvalue weighted by Crippen LogP contribution is 2.49. The Balaban J connectivity index is 0.758. The second-order valence-corrected chi connectivity index (χ2v) is 22.4. The minimum absolute atomic E-state index is 0.0167. The van der Waals surface area contributed by atoms with Crippen LogP contribution < -0.4 is 0 Å². The molecule has 72 heavy (non-hydrogen) atoms. The van der Waals surface area contributed by atoms with Crippen molar-refractivity contribution in [3.8, 4) is 0 Å². The molecule has 18 nitrogen and oxygen atoms in total. The average molecular weight is 1010 g/mol. The molecule has 0 aromatic rings. The lowest BCUT2D eigenvalue weighted by Gasteiger charge is -2.49. The highest BCUT2D eigenvalue weighted by molar-refractivity contribution is 6.12. The van der Waals surface area contributed by atoms with Gasteiger partial charge in [0.1, 0.15) is 30.2 Å². The van der Waals surface area contributed by atoms with Crippen molar-refractivity contribution in [2.24, 2.45) is 17.8 Å². The van der Waals surface area contributed by atoms with Crippen molar-refractivity contribution in [3.05, 3.63) is 36.5 Å². The first-order valence-electron chi connectivity index (χ1n) is 27.0. The number of rotatable bonds is 11. The molecule has 18 heteroatoms. The first kappa shape index (κ1) is 52.0. The van der Waals surface area contributed by atoms with Crippen LogP contribution in [0.5, 0.6) is 0 Å². The Morgan fingerprint density at radius 2 is 1.50 bits per heavy atom. The van der Waals surface area contributed by atoms with E-state index in [1.54, 1.807) is 7.11 Å². The Morgan fingerprint density at radius 3 is 2.29 bits per heavy atom.